The van der Waals surface area contributed by atoms with Gasteiger partial charge in [-0.25, -0.2) is 9.97 Å². The summed E-state index contributed by atoms with van der Waals surface area (Å²) in [4.78, 5) is 40.8. The van der Waals surface area contributed by atoms with Crippen molar-refractivity contribution < 1.29 is 4.79 Å². The van der Waals surface area contributed by atoms with E-state index in [1.807, 2.05) is 0 Å². The Morgan fingerprint density at radius 2 is 2.12 bits per heavy atom. The number of rotatable bonds is 2. The SMILES string of the molecule is O=C(c1ccc2cc[nH]c(=O)c2n1)N1CCCC(c2ncc[nH]2)C1. The van der Waals surface area contributed by atoms with Crippen molar-refractivity contribution in [2.24, 2.45) is 0 Å². The molecule has 1 aliphatic rings. The van der Waals surface area contributed by atoms with Gasteiger partial charge in [-0.15, -0.1) is 0 Å². The van der Waals surface area contributed by atoms with Gasteiger partial charge in [-0.3, -0.25) is 9.59 Å². The van der Waals surface area contributed by atoms with Gasteiger partial charge in [0.15, 0.2) is 0 Å². The fourth-order valence-corrected chi connectivity index (χ4v) is 3.23. The number of aromatic nitrogens is 4. The van der Waals surface area contributed by atoms with Gasteiger partial charge in [0.25, 0.3) is 11.5 Å². The zero-order chi connectivity index (χ0) is 16.5. The number of imidazole rings is 1. The Bertz CT molecular complexity index is 932. The average Bonchev–Trinajstić information content (AvgIpc) is 3.16. The molecule has 1 unspecified atom stereocenters. The van der Waals surface area contributed by atoms with E-state index in [2.05, 4.69) is 19.9 Å². The molecule has 24 heavy (non-hydrogen) atoms. The van der Waals surface area contributed by atoms with E-state index in [0.29, 0.717) is 24.3 Å². The number of piperidine rings is 1. The van der Waals surface area contributed by atoms with Crippen LogP contribution in [0.25, 0.3) is 10.9 Å². The summed E-state index contributed by atoms with van der Waals surface area (Å²) in [6.45, 7) is 1.30. The number of fused-ring (bicyclic) bond motifs is 1. The Labute approximate surface area is 137 Å². The molecule has 0 spiro atoms. The smallest absolute Gasteiger partial charge is 0.274 e. The van der Waals surface area contributed by atoms with E-state index in [-0.39, 0.29) is 17.4 Å². The predicted octanol–water partition coefficient (Wildman–Crippen LogP) is 1.67. The quantitative estimate of drug-likeness (QED) is 0.750. The standard InChI is InChI=1S/C17H17N5O2/c23-16-14-11(5-6-20-16)3-4-13(21-14)17(24)22-9-1-2-12(10-22)15-18-7-8-19-15/h3-8,12H,1-2,9-10H2,(H,18,19)(H,20,23). The van der Waals surface area contributed by atoms with Gasteiger partial charge in [0.05, 0.1) is 0 Å². The molecule has 1 fully saturated rings. The summed E-state index contributed by atoms with van der Waals surface area (Å²) >= 11 is 0. The van der Waals surface area contributed by atoms with Gasteiger partial charge in [0.1, 0.15) is 17.0 Å². The molecule has 4 rings (SSSR count). The second-order valence-corrected chi connectivity index (χ2v) is 6.01. The van der Waals surface area contributed by atoms with Crippen molar-refractivity contribution in [2.45, 2.75) is 18.8 Å². The lowest BCUT2D eigenvalue weighted by Crippen LogP contribution is -2.39. The summed E-state index contributed by atoms with van der Waals surface area (Å²) in [5, 5.41) is 0.724. The zero-order valence-electron chi connectivity index (χ0n) is 13.0. The van der Waals surface area contributed by atoms with Gasteiger partial charge in [-0.05, 0) is 25.0 Å². The molecule has 122 valence electrons. The fourth-order valence-electron chi connectivity index (χ4n) is 3.23. The molecule has 0 saturated carbocycles. The average molecular weight is 323 g/mol. The molecule has 1 atom stereocenters. The lowest BCUT2D eigenvalue weighted by atomic mass is 9.97. The van der Waals surface area contributed by atoms with Crippen LogP contribution >= 0.6 is 0 Å². The highest BCUT2D eigenvalue weighted by atomic mass is 16.2. The van der Waals surface area contributed by atoms with Crippen LogP contribution in [-0.4, -0.2) is 43.8 Å². The maximum Gasteiger partial charge on any atom is 0.274 e. The van der Waals surface area contributed by atoms with E-state index in [1.165, 1.54) is 0 Å². The minimum Gasteiger partial charge on any atom is -0.348 e. The molecule has 0 aliphatic carbocycles. The largest absolute Gasteiger partial charge is 0.348 e. The van der Waals surface area contributed by atoms with Crippen molar-refractivity contribution in [2.75, 3.05) is 13.1 Å². The van der Waals surface area contributed by atoms with Gasteiger partial charge in [-0.1, -0.05) is 6.07 Å². The first kappa shape index (κ1) is 14.6. The summed E-state index contributed by atoms with van der Waals surface area (Å²) in [5.74, 6) is 0.980. The highest BCUT2D eigenvalue weighted by Gasteiger charge is 2.27. The normalized spacial score (nSPS) is 18.0. The number of likely N-dealkylation sites (tertiary alicyclic amines) is 1. The molecular formula is C17H17N5O2. The lowest BCUT2D eigenvalue weighted by Gasteiger charge is -2.31. The first-order chi connectivity index (χ1) is 11.7. The summed E-state index contributed by atoms with van der Waals surface area (Å²) in [6.07, 6.45) is 7.03. The van der Waals surface area contributed by atoms with E-state index < -0.39 is 0 Å². The summed E-state index contributed by atoms with van der Waals surface area (Å²) in [6, 6.07) is 5.21. The molecular weight excluding hydrogens is 306 g/mol. The van der Waals surface area contributed by atoms with Crippen molar-refractivity contribution in [3.05, 3.63) is 58.7 Å². The van der Waals surface area contributed by atoms with E-state index in [1.54, 1.807) is 41.7 Å². The van der Waals surface area contributed by atoms with Crippen LogP contribution in [0.3, 0.4) is 0 Å². The van der Waals surface area contributed by atoms with Crippen molar-refractivity contribution in [3.8, 4) is 0 Å². The Hall–Kier alpha value is -2.96. The minimum absolute atomic E-state index is 0.142. The molecule has 0 aromatic carbocycles. The molecule has 0 radical (unpaired) electrons. The van der Waals surface area contributed by atoms with Crippen molar-refractivity contribution in [1.29, 1.82) is 0 Å². The number of H-pyrrole nitrogens is 2. The maximum atomic E-state index is 12.8. The molecule has 3 aromatic rings. The van der Waals surface area contributed by atoms with Crippen molar-refractivity contribution in [3.63, 3.8) is 0 Å². The van der Waals surface area contributed by atoms with Crippen LogP contribution in [0, 0.1) is 0 Å². The Kier molecular flexibility index (Phi) is 3.60. The first-order valence-electron chi connectivity index (χ1n) is 7.99. The Morgan fingerprint density at radius 3 is 2.96 bits per heavy atom. The van der Waals surface area contributed by atoms with Crippen molar-refractivity contribution >= 4 is 16.8 Å². The third-order valence-electron chi connectivity index (χ3n) is 4.45. The molecule has 7 nitrogen and oxygen atoms in total. The first-order valence-corrected chi connectivity index (χ1v) is 7.99. The van der Waals surface area contributed by atoms with Crippen LogP contribution in [-0.2, 0) is 0 Å². The molecule has 2 N–H and O–H groups in total. The number of nitrogens with zero attached hydrogens (tertiary/aromatic N) is 3. The second kappa shape index (κ2) is 5.92. The predicted molar refractivity (Wildman–Crippen MR) is 88.8 cm³/mol. The molecule has 0 bridgehead atoms. The molecule has 1 aliphatic heterocycles. The van der Waals surface area contributed by atoms with Crippen molar-refractivity contribution in [1.82, 2.24) is 24.8 Å². The number of amides is 1. The highest BCUT2D eigenvalue weighted by molar-refractivity contribution is 5.94. The Morgan fingerprint density at radius 1 is 1.21 bits per heavy atom. The fraction of sp³-hybridized carbons (Fsp3) is 0.294. The van der Waals surface area contributed by atoms with E-state index in [4.69, 9.17) is 0 Å². The number of nitrogens with one attached hydrogen (secondary N) is 2. The van der Waals surface area contributed by atoms with Crippen LogP contribution in [0.15, 0.2) is 41.6 Å². The zero-order valence-corrected chi connectivity index (χ0v) is 13.0. The van der Waals surface area contributed by atoms with Crippen LogP contribution in [0.1, 0.15) is 35.1 Å². The molecule has 3 aromatic heterocycles. The number of carbonyl (C=O) groups excluding carboxylic acids is 1. The molecule has 1 saturated heterocycles. The van der Waals surface area contributed by atoms with Crippen LogP contribution in [0.2, 0.25) is 0 Å². The van der Waals surface area contributed by atoms with Gasteiger partial charge < -0.3 is 14.9 Å². The van der Waals surface area contributed by atoms with Gasteiger partial charge >= 0.3 is 0 Å². The Balaban J connectivity index is 1.61. The van der Waals surface area contributed by atoms with E-state index in [9.17, 15) is 9.59 Å². The van der Waals surface area contributed by atoms with Crippen LogP contribution in [0.4, 0.5) is 0 Å². The minimum atomic E-state index is -0.283. The summed E-state index contributed by atoms with van der Waals surface area (Å²) < 4.78 is 0. The molecule has 1 amide bonds. The van der Waals surface area contributed by atoms with E-state index in [0.717, 1.165) is 24.1 Å². The third-order valence-corrected chi connectivity index (χ3v) is 4.45. The van der Waals surface area contributed by atoms with Gasteiger partial charge in [0, 0.05) is 43.0 Å². The number of carbonyl (C=O) groups is 1. The van der Waals surface area contributed by atoms with E-state index >= 15 is 0 Å². The maximum absolute atomic E-state index is 12.8. The molecule has 4 heterocycles. The monoisotopic (exact) mass is 323 g/mol. The molecule has 7 heteroatoms. The third kappa shape index (κ3) is 2.58. The number of aromatic amines is 2. The summed E-state index contributed by atoms with van der Waals surface area (Å²) in [5.41, 5.74) is 0.316. The van der Waals surface area contributed by atoms with Crippen LogP contribution in [0.5, 0.6) is 0 Å². The van der Waals surface area contributed by atoms with Gasteiger partial charge in [-0.2, -0.15) is 0 Å². The van der Waals surface area contributed by atoms with Gasteiger partial charge in [0.2, 0.25) is 0 Å². The number of hydrogen-bond acceptors (Lipinski definition) is 4. The highest BCUT2D eigenvalue weighted by Crippen LogP contribution is 2.25. The lowest BCUT2D eigenvalue weighted by molar-refractivity contribution is 0.0699. The number of pyridine rings is 2. The van der Waals surface area contributed by atoms with Crippen LogP contribution < -0.4 is 5.56 Å². The summed E-state index contributed by atoms with van der Waals surface area (Å²) in [7, 11) is 0. The topological polar surface area (TPSA) is 94.7 Å². The number of hydrogen-bond donors (Lipinski definition) is 2. The second-order valence-electron chi connectivity index (χ2n) is 6.01.